The highest BCUT2D eigenvalue weighted by Gasteiger charge is 2.31. The van der Waals surface area contributed by atoms with Crippen molar-refractivity contribution in [2.45, 2.75) is 39.2 Å². The first-order valence-corrected chi connectivity index (χ1v) is 6.93. The SMILES string of the molecule is CCCC(O)(c1ccccc1)c1cc(C)ccc1C. The van der Waals surface area contributed by atoms with Crippen LogP contribution in [0.5, 0.6) is 0 Å². The number of benzene rings is 2. The summed E-state index contributed by atoms with van der Waals surface area (Å²) in [6.45, 7) is 6.25. The van der Waals surface area contributed by atoms with Gasteiger partial charge in [0.05, 0.1) is 0 Å². The van der Waals surface area contributed by atoms with Gasteiger partial charge in [-0.2, -0.15) is 0 Å². The maximum atomic E-state index is 11.3. The second-order valence-corrected chi connectivity index (χ2v) is 5.29. The number of aliphatic hydroxyl groups is 1. The Morgan fingerprint density at radius 1 is 1.00 bits per heavy atom. The molecule has 0 aliphatic rings. The summed E-state index contributed by atoms with van der Waals surface area (Å²) in [5.41, 5.74) is 3.45. The van der Waals surface area contributed by atoms with Crippen LogP contribution in [0.1, 0.15) is 42.0 Å². The second kappa shape index (κ2) is 5.58. The zero-order valence-electron chi connectivity index (χ0n) is 12.0. The van der Waals surface area contributed by atoms with Crippen molar-refractivity contribution in [2.75, 3.05) is 0 Å². The third-order valence-electron chi connectivity index (χ3n) is 3.70. The molecule has 0 bridgehead atoms. The second-order valence-electron chi connectivity index (χ2n) is 5.29. The zero-order valence-corrected chi connectivity index (χ0v) is 12.0. The van der Waals surface area contributed by atoms with E-state index in [0.29, 0.717) is 0 Å². The van der Waals surface area contributed by atoms with E-state index in [9.17, 15) is 5.11 Å². The summed E-state index contributed by atoms with van der Waals surface area (Å²) in [6, 6.07) is 16.3. The fourth-order valence-electron chi connectivity index (χ4n) is 2.69. The number of rotatable bonds is 4. The van der Waals surface area contributed by atoms with Crippen molar-refractivity contribution in [3.05, 3.63) is 70.8 Å². The van der Waals surface area contributed by atoms with Crippen LogP contribution >= 0.6 is 0 Å². The molecule has 2 rings (SSSR count). The molecule has 0 saturated heterocycles. The van der Waals surface area contributed by atoms with Gasteiger partial charge in [-0.05, 0) is 37.0 Å². The van der Waals surface area contributed by atoms with Gasteiger partial charge >= 0.3 is 0 Å². The molecule has 0 aliphatic carbocycles. The topological polar surface area (TPSA) is 20.2 Å². The molecule has 1 heteroatoms. The quantitative estimate of drug-likeness (QED) is 0.860. The Kier molecular flexibility index (Phi) is 4.06. The standard InChI is InChI=1S/C18H22O/c1-4-12-18(19,16-8-6-5-7-9-16)17-13-14(2)10-11-15(17)3/h5-11,13,19H,4,12H2,1-3H3. The first-order valence-electron chi connectivity index (χ1n) is 6.93. The predicted molar refractivity (Wildman–Crippen MR) is 80.3 cm³/mol. The molecular formula is C18H22O. The minimum Gasteiger partial charge on any atom is -0.380 e. The van der Waals surface area contributed by atoms with Gasteiger partial charge in [-0.25, -0.2) is 0 Å². The van der Waals surface area contributed by atoms with E-state index in [4.69, 9.17) is 0 Å². The van der Waals surface area contributed by atoms with Gasteiger partial charge in [-0.15, -0.1) is 0 Å². The van der Waals surface area contributed by atoms with Crippen molar-refractivity contribution in [3.8, 4) is 0 Å². The van der Waals surface area contributed by atoms with E-state index in [-0.39, 0.29) is 0 Å². The largest absolute Gasteiger partial charge is 0.380 e. The third-order valence-corrected chi connectivity index (χ3v) is 3.70. The van der Waals surface area contributed by atoms with Crippen LogP contribution in [0.15, 0.2) is 48.5 Å². The lowest BCUT2D eigenvalue weighted by Gasteiger charge is -2.31. The molecular weight excluding hydrogens is 232 g/mol. The summed E-state index contributed by atoms with van der Waals surface area (Å²) in [5, 5.41) is 11.3. The fourth-order valence-corrected chi connectivity index (χ4v) is 2.69. The molecule has 0 heterocycles. The summed E-state index contributed by atoms with van der Waals surface area (Å²) in [4.78, 5) is 0. The molecule has 0 aliphatic heterocycles. The van der Waals surface area contributed by atoms with Crippen LogP contribution in [0.3, 0.4) is 0 Å². The lowest BCUT2D eigenvalue weighted by atomic mass is 9.80. The van der Waals surface area contributed by atoms with Gasteiger partial charge in [-0.1, -0.05) is 67.4 Å². The van der Waals surface area contributed by atoms with Gasteiger partial charge in [0.1, 0.15) is 5.60 Å². The third kappa shape index (κ3) is 2.71. The summed E-state index contributed by atoms with van der Waals surface area (Å²) < 4.78 is 0. The Labute approximate surface area is 115 Å². The first-order chi connectivity index (χ1) is 9.08. The van der Waals surface area contributed by atoms with Crippen LogP contribution < -0.4 is 0 Å². The van der Waals surface area contributed by atoms with Crippen molar-refractivity contribution in [3.63, 3.8) is 0 Å². The van der Waals surface area contributed by atoms with Gasteiger partial charge in [0.25, 0.3) is 0 Å². The van der Waals surface area contributed by atoms with E-state index >= 15 is 0 Å². The van der Waals surface area contributed by atoms with E-state index in [2.05, 4.69) is 39.0 Å². The van der Waals surface area contributed by atoms with Crippen molar-refractivity contribution >= 4 is 0 Å². The molecule has 1 unspecified atom stereocenters. The Balaban J connectivity index is 2.59. The summed E-state index contributed by atoms with van der Waals surface area (Å²) >= 11 is 0. The maximum Gasteiger partial charge on any atom is 0.115 e. The maximum absolute atomic E-state index is 11.3. The Hall–Kier alpha value is -1.60. The first kappa shape index (κ1) is 13.8. The molecule has 2 aromatic rings. The highest BCUT2D eigenvalue weighted by atomic mass is 16.3. The molecule has 1 atom stereocenters. The van der Waals surface area contributed by atoms with E-state index in [0.717, 1.165) is 29.5 Å². The molecule has 0 spiro atoms. The number of aryl methyl sites for hydroxylation is 2. The van der Waals surface area contributed by atoms with Crippen LogP contribution in [0.2, 0.25) is 0 Å². The smallest absolute Gasteiger partial charge is 0.115 e. The van der Waals surface area contributed by atoms with E-state index in [1.54, 1.807) is 0 Å². The lowest BCUT2D eigenvalue weighted by Crippen LogP contribution is -2.28. The van der Waals surface area contributed by atoms with E-state index < -0.39 is 5.60 Å². The summed E-state index contributed by atoms with van der Waals surface area (Å²) in [6.07, 6.45) is 1.68. The normalized spacial score (nSPS) is 14.1. The Bertz CT molecular complexity index is 545. The van der Waals surface area contributed by atoms with Gasteiger partial charge in [-0.3, -0.25) is 0 Å². The highest BCUT2D eigenvalue weighted by molar-refractivity contribution is 5.42. The van der Waals surface area contributed by atoms with Gasteiger partial charge in [0.2, 0.25) is 0 Å². The molecule has 0 fully saturated rings. The summed E-state index contributed by atoms with van der Waals surface area (Å²) in [7, 11) is 0. The molecule has 100 valence electrons. The van der Waals surface area contributed by atoms with Crippen LogP contribution in [0.4, 0.5) is 0 Å². The van der Waals surface area contributed by atoms with Crippen molar-refractivity contribution in [1.82, 2.24) is 0 Å². The predicted octanol–water partition coefficient (Wildman–Crippen LogP) is 4.34. The summed E-state index contributed by atoms with van der Waals surface area (Å²) in [5.74, 6) is 0. The lowest BCUT2D eigenvalue weighted by molar-refractivity contribution is 0.0695. The van der Waals surface area contributed by atoms with Crippen molar-refractivity contribution in [1.29, 1.82) is 0 Å². The van der Waals surface area contributed by atoms with Crippen LogP contribution in [-0.4, -0.2) is 5.11 Å². The molecule has 0 aromatic heterocycles. The number of hydrogen-bond donors (Lipinski definition) is 1. The van der Waals surface area contributed by atoms with Crippen molar-refractivity contribution in [2.24, 2.45) is 0 Å². The molecule has 0 saturated carbocycles. The van der Waals surface area contributed by atoms with Gasteiger partial charge in [0, 0.05) is 0 Å². The van der Waals surface area contributed by atoms with Gasteiger partial charge in [0.15, 0.2) is 0 Å². The van der Waals surface area contributed by atoms with Crippen LogP contribution in [-0.2, 0) is 5.60 Å². The Morgan fingerprint density at radius 3 is 2.32 bits per heavy atom. The minimum atomic E-state index is -0.883. The van der Waals surface area contributed by atoms with Gasteiger partial charge < -0.3 is 5.11 Å². The van der Waals surface area contributed by atoms with E-state index in [1.807, 2.05) is 30.3 Å². The molecule has 1 nitrogen and oxygen atoms in total. The zero-order chi connectivity index (χ0) is 13.9. The Morgan fingerprint density at radius 2 is 1.68 bits per heavy atom. The monoisotopic (exact) mass is 254 g/mol. The fraction of sp³-hybridized carbons (Fsp3) is 0.333. The molecule has 0 radical (unpaired) electrons. The van der Waals surface area contributed by atoms with Crippen LogP contribution in [0, 0.1) is 13.8 Å². The average Bonchev–Trinajstić information content (AvgIpc) is 2.42. The highest BCUT2D eigenvalue weighted by Crippen LogP contribution is 2.36. The average molecular weight is 254 g/mol. The molecule has 19 heavy (non-hydrogen) atoms. The van der Waals surface area contributed by atoms with Crippen molar-refractivity contribution < 1.29 is 5.11 Å². The van der Waals surface area contributed by atoms with Crippen LogP contribution in [0.25, 0.3) is 0 Å². The minimum absolute atomic E-state index is 0.737. The van der Waals surface area contributed by atoms with E-state index in [1.165, 1.54) is 5.56 Å². The number of hydrogen-bond acceptors (Lipinski definition) is 1. The molecule has 1 N–H and O–H groups in total. The molecule has 2 aromatic carbocycles. The molecule has 0 amide bonds.